The maximum Gasteiger partial charge on any atom is 0.407 e. The molecule has 0 spiro atoms. The smallest absolute Gasteiger partial charge is 0.407 e. The van der Waals surface area contributed by atoms with Crippen molar-refractivity contribution < 1.29 is 33.4 Å². The van der Waals surface area contributed by atoms with Crippen molar-refractivity contribution in [1.29, 1.82) is 0 Å². The third-order valence-electron chi connectivity index (χ3n) is 11.8. The number of methoxy groups -OCH3 is 3. The summed E-state index contributed by atoms with van der Waals surface area (Å²) in [6, 6.07) is 10.2. The van der Waals surface area contributed by atoms with Crippen LogP contribution in [0.25, 0.3) is 22.0 Å². The normalized spacial score (nSPS) is 19.7. The second-order valence-corrected chi connectivity index (χ2v) is 15.4. The molecule has 1 aliphatic carbocycles. The summed E-state index contributed by atoms with van der Waals surface area (Å²) in [5.41, 5.74) is 4.08. The van der Waals surface area contributed by atoms with E-state index in [0.29, 0.717) is 30.4 Å². The molecule has 7 rings (SSSR count). The lowest BCUT2D eigenvalue weighted by Crippen LogP contribution is -2.54. The van der Waals surface area contributed by atoms with E-state index >= 15 is 0 Å². The molecule has 4 N–H and O–H groups in total. The average Bonchev–Trinajstić information content (AvgIpc) is 4.10. The summed E-state index contributed by atoms with van der Waals surface area (Å²) in [7, 11) is 4.07. The fourth-order valence-electron chi connectivity index (χ4n) is 8.58. The largest absolute Gasteiger partial charge is 0.453 e. The van der Waals surface area contributed by atoms with Gasteiger partial charge in [-0.25, -0.2) is 19.6 Å². The molecule has 4 amide bonds. The molecule has 58 heavy (non-hydrogen) atoms. The van der Waals surface area contributed by atoms with E-state index in [9.17, 15) is 19.2 Å². The van der Waals surface area contributed by atoms with Crippen molar-refractivity contribution in [3.8, 4) is 23.1 Å². The monoisotopic (exact) mass is 792 g/mol. The number of aryl methyl sites for hydroxylation is 1. The van der Waals surface area contributed by atoms with Gasteiger partial charge in [0.15, 0.2) is 0 Å². The third kappa shape index (κ3) is 8.52. The first-order valence-corrected chi connectivity index (χ1v) is 20.1. The summed E-state index contributed by atoms with van der Waals surface area (Å²) >= 11 is 0. The Morgan fingerprint density at radius 3 is 2.16 bits per heavy atom. The summed E-state index contributed by atoms with van der Waals surface area (Å²) in [6.07, 6.45) is 7.01. The first-order valence-electron chi connectivity index (χ1n) is 20.1. The van der Waals surface area contributed by atoms with Crippen LogP contribution in [-0.2, 0) is 23.8 Å². The molecule has 4 aromatic rings. The number of likely N-dealkylation sites (tertiary alicyclic amines) is 2. The van der Waals surface area contributed by atoms with Gasteiger partial charge in [-0.3, -0.25) is 9.59 Å². The van der Waals surface area contributed by atoms with Gasteiger partial charge in [-0.2, -0.15) is 0 Å². The number of nitrogens with zero attached hydrogens (tertiary/aromatic N) is 4. The van der Waals surface area contributed by atoms with Crippen LogP contribution in [0.4, 0.5) is 9.59 Å². The van der Waals surface area contributed by atoms with Gasteiger partial charge < -0.3 is 44.6 Å². The first-order chi connectivity index (χ1) is 28.1. The van der Waals surface area contributed by atoms with Crippen LogP contribution in [0.5, 0.6) is 0 Å². The standard InChI is InChI=1S/C43H52N8O7/c1-25-32(46-39(45-25)35-13-9-21-51(35)41(53)37(49-43(55)58-5)28-10-6-7-11-28)19-15-27-14-16-30-23-31(18-17-29(30)22-27)33-24-44-38(47-33)34-12-8-20-50(34)40(52)36(26(2)56-3)48-42(54)57-4/h14,16-18,22-24,26,28,34-37H,6-13,20-21H2,1-5H3,(H,44,47)(H,45,46)(H,48,54)(H,49,55)/t26-,34?,35?,36?,37+/m1/s1. The number of hydrogen-bond acceptors (Lipinski definition) is 9. The number of ether oxygens (including phenoxy) is 3. The Morgan fingerprint density at radius 2 is 1.45 bits per heavy atom. The van der Waals surface area contributed by atoms with Gasteiger partial charge in [0.25, 0.3) is 0 Å². The highest BCUT2D eigenvalue weighted by Gasteiger charge is 2.41. The highest BCUT2D eigenvalue weighted by atomic mass is 16.5. The van der Waals surface area contributed by atoms with E-state index < -0.39 is 30.4 Å². The summed E-state index contributed by atoms with van der Waals surface area (Å²) in [5, 5.41) is 7.51. The molecule has 0 bridgehead atoms. The minimum Gasteiger partial charge on any atom is -0.453 e. The maximum atomic E-state index is 13.9. The molecule has 3 unspecified atom stereocenters. The number of nitrogens with one attached hydrogen (secondary N) is 4. The maximum absolute atomic E-state index is 13.9. The van der Waals surface area contributed by atoms with Gasteiger partial charge in [-0.05, 0) is 93.2 Å². The number of rotatable bonds is 10. The van der Waals surface area contributed by atoms with Gasteiger partial charge in [0, 0.05) is 37.0 Å². The van der Waals surface area contributed by atoms with Crippen molar-refractivity contribution in [3.63, 3.8) is 0 Å². The summed E-state index contributed by atoms with van der Waals surface area (Å²) in [6.45, 7) is 4.81. The fraction of sp³-hybridized carbons (Fsp3) is 0.488. The zero-order chi connectivity index (χ0) is 40.9. The number of imidazole rings is 2. The molecular weight excluding hydrogens is 741 g/mol. The van der Waals surface area contributed by atoms with Gasteiger partial charge in [0.1, 0.15) is 29.4 Å². The number of benzene rings is 2. The van der Waals surface area contributed by atoms with Crippen LogP contribution < -0.4 is 10.6 Å². The van der Waals surface area contributed by atoms with Crippen LogP contribution in [0, 0.1) is 24.7 Å². The van der Waals surface area contributed by atoms with Crippen molar-refractivity contribution in [2.45, 2.75) is 95.5 Å². The van der Waals surface area contributed by atoms with Gasteiger partial charge in [-0.1, -0.05) is 37.0 Å². The minimum atomic E-state index is -0.901. The molecule has 2 aromatic carbocycles. The number of amides is 4. The Balaban J connectivity index is 1.04. The van der Waals surface area contributed by atoms with Crippen molar-refractivity contribution in [2.75, 3.05) is 34.4 Å². The highest BCUT2D eigenvalue weighted by Crippen LogP contribution is 2.36. The average molecular weight is 793 g/mol. The number of H-pyrrole nitrogens is 2. The van der Waals surface area contributed by atoms with Crippen LogP contribution in [0.1, 0.15) is 99.0 Å². The van der Waals surface area contributed by atoms with Gasteiger partial charge in [-0.15, -0.1) is 0 Å². The minimum absolute atomic E-state index is 0.0846. The van der Waals surface area contributed by atoms with Crippen molar-refractivity contribution >= 4 is 34.8 Å². The summed E-state index contributed by atoms with van der Waals surface area (Å²) < 4.78 is 15.0. The molecule has 3 fully saturated rings. The molecule has 2 aromatic heterocycles. The van der Waals surface area contributed by atoms with E-state index in [4.69, 9.17) is 19.2 Å². The predicted octanol–water partition coefficient (Wildman–Crippen LogP) is 5.66. The highest BCUT2D eigenvalue weighted by molar-refractivity contribution is 5.89. The number of carbonyl (C=O) groups is 4. The number of aromatic amines is 2. The van der Waals surface area contributed by atoms with Crippen molar-refractivity contribution in [3.05, 3.63) is 71.2 Å². The lowest BCUT2D eigenvalue weighted by Gasteiger charge is -2.31. The van der Waals surface area contributed by atoms with Crippen molar-refractivity contribution in [2.24, 2.45) is 5.92 Å². The van der Waals surface area contributed by atoms with Crippen LogP contribution >= 0.6 is 0 Å². The predicted molar refractivity (Wildman–Crippen MR) is 215 cm³/mol. The van der Waals surface area contributed by atoms with E-state index in [1.165, 1.54) is 21.3 Å². The molecule has 1 saturated carbocycles. The van der Waals surface area contributed by atoms with Crippen LogP contribution in [0.3, 0.4) is 0 Å². The number of fused-ring (bicyclic) bond motifs is 1. The SMILES string of the molecule is COC(=O)NC(C(=O)N1CCCC1c1ncc(-c2ccc3cc(C#Cc4nc(C5CCCN5C(=O)[C@@H](NC(=O)OC)C5CCCC5)[nH]c4C)ccc3c2)[nH]1)[C@@H](C)OC. The topological polar surface area (TPSA) is 184 Å². The number of aromatic nitrogens is 4. The van der Waals surface area contributed by atoms with E-state index in [2.05, 4.69) is 49.6 Å². The Morgan fingerprint density at radius 1 is 0.793 bits per heavy atom. The molecule has 0 radical (unpaired) electrons. The molecule has 3 aliphatic rings. The Hall–Kier alpha value is -5.88. The lowest BCUT2D eigenvalue weighted by atomic mass is 9.96. The molecule has 2 aliphatic heterocycles. The second-order valence-electron chi connectivity index (χ2n) is 15.4. The molecule has 2 saturated heterocycles. The van der Waals surface area contributed by atoms with Gasteiger partial charge in [0.2, 0.25) is 11.8 Å². The molecular formula is C43H52N8O7. The summed E-state index contributed by atoms with van der Waals surface area (Å²) in [4.78, 5) is 71.8. The van der Waals surface area contributed by atoms with E-state index in [0.717, 1.165) is 84.7 Å². The fourth-order valence-corrected chi connectivity index (χ4v) is 8.58. The second kappa shape index (κ2) is 17.7. The van der Waals surface area contributed by atoms with E-state index in [-0.39, 0.29) is 29.8 Å². The van der Waals surface area contributed by atoms with Crippen LogP contribution in [-0.4, -0.2) is 106 Å². The Bertz CT molecular complexity index is 2220. The van der Waals surface area contributed by atoms with E-state index in [1.807, 2.05) is 36.1 Å². The molecule has 5 atom stereocenters. The molecule has 15 heteroatoms. The zero-order valence-corrected chi connectivity index (χ0v) is 33.7. The first kappa shape index (κ1) is 40.3. The van der Waals surface area contributed by atoms with Gasteiger partial charge in [0.05, 0.1) is 44.3 Å². The zero-order valence-electron chi connectivity index (χ0n) is 33.7. The number of alkyl carbamates (subject to hydrolysis) is 2. The third-order valence-corrected chi connectivity index (χ3v) is 11.8. The molecule has 306 valence electrons. The van der Waals surface area contributed by atoms with Crippen LogP contribution in [0.2, 0.25) is 0 Å². The Labute approximate surface area is 338 Å². The van der Waals surface area contributed by atoms with Gasteiger partial charge >= 0.3 is 12.2 Å². The number of carbonyl (C=O) groups excluding carboxylic acids is 4. The van der Waals surface area contributed by atoms with Crippen LogP contribution in [0.15, 0.2) is 42.6 Å². The Kier molecular flexibility index (Phi) is 12.3. The lowest BCUT2D eigenvalue weighted by molar-refractivity contribution is -0.137. The molecule has 15 nitrogen and oxygen atoms in total. The quantitative estimate of drug-likeness (QED) is 0.147. The van der Waals surface area contributed by atoms with E-state index in [1.54, 1.807) is 18.0 Å². The molecule has 4 heterocycles. The summed E-state index contributed by atoms with van der Waals surface area (Å²) in [5.74, 6) is 7.67. The van der Waals surface area contributed by atoms with Crippen molar-refractivity contribution in [1.82, 2.24) is 40.4 Å². The number of hydrogen-bond donors (Lipinski definition) is 4.